The Morgan fingerprint density at radius 3 is 2.19 bits per heavy atom. The van der Waals surface area contributed by atoms with Crippen molar-refractivity contribution in [2.24, 2.45) is 0 Å². The van der Waals surface area contributed by atoms with Crippen molar-refractivity contribution in [2.75, 3.05) is 0 Å². The Morgan fingerprint density at radius 2 is 1.52 bits per heavy atom. The molecule has 0 radical (unpaired) electrons. The molecule has 21 heavy (non-hydrogen) atoms. The van der Waals surface area contributed by atoms with Crippen LogP contribution in [0.15, 0.2) is 65.6 Å². The van der Waals surface area contributed by atoms with Crippen LogP contribution in [0.25, 0.3) is 21.9 Å². The third-order valence-electron chi connectivity index (χ3n) is 3.32. The fourth-order valence-electron chi connectivity index (χ4n) is 2.44. The lowest BCUT2D eigenvalue weighted by Crippen LogP contribution is -2.02. The Labute approximate surface area is 122 Å². The number of hydrogen-bond acceptors (Lipinski definition) is 3. The van der Waals surface area contributed by atoms with Gasteiger partial charge in [0.15, 0.2) is 0 Å². The summed E-state index contributed by atoms with van der Waals surface area (Å²) in [7, 11) is -4.49. The van der Waals surface area contributed by atoms with Crippen molar-refractivity contribution in [3.63, 3.8) is 0 Å². The van der Waals surface area contributed by atoms with Gasteiger partial charge in [0.25, 0.3) is 10.1 Å². The van der Waals surface area contributed by atoms with Gasteiger partial charge in [-0.3, -0.25) is 4.55 Å². The Balaban J connectivity index is 2.50. The normalized spacial score (nSPS) is 11.7. The summed E-state index contributed by atoms with van der Waals surface area (Å²) < 4.78 is 33.3. The van der Waals surface area contributed by atoms with E-state index in [2.05, 4.69) is 0 Å². The lowest BCUT2D eigenvalue weighted by atomic mass is 10.0. The molecule has 0 atom stereocenters. The molecule has 0 amide bonds. The van der Waals surface area contributed by atoms with Crippen molar-refractivity contribution < 1.29 is 18.1 Å². The Hall–Kier alpha value is -2.37. The summed E-state index contributed by atoms with van der Waals surface area (Å²) in [5.41, 5.74) is 1.00. The van der Waals surface area contributed by atoms with Crippen molar-refractivity contribution in [1.29, 1.82) is 0 Å². The van der Waals surface area contributed by atoms with Crippen LogP contribution in [0.4, 0.5) is 0 Å². The van der Waals surface area contributed by atoms with Gasteiger partial charge in [-0.1, -0.05) is 54.6 Å². The second-order valence-electron chi connectivity index (χ2n) is 4.66. The van der Waals surface area contributed by atoms with Crippen molar-refractivity contribution in [3.8, 4) is 16.9 Å². The standard InChI is InChI=1S/C16H12O4S/c17-14-8-4-7-12-9-10-13(11-5-2-1-3-6-11)16(15(12)14)21(18,19)20/h1-10,17H,(H,18,19,20). The van der Waals surface area contributed by atoms with Crippen molar-refractivity contribution in [3.05, 3.63) is 60.7 Å². The number of benzene rings is 3. The summed E-state index contributed by atoms with van der Waals surface area (Å²) in [4.78, 5) is -0.274. The highest BCUT2D eigenvalue weighted by Crippen LogP contribution is 2.37. The van der Waals surface area contributed by atoms with Crippen molar-refractivity contribution in [1.82, 2.24) is 0 Å². The van der Waals surface area contributed by atoms with Crippen molar-refractivity contribution >= 4 is 20.9 Å². The molecule has 0 saturated carbocycles. The first-order chi connectivity index (χ1) is 9.98. The van der Waals surface area contributed by atoms with E-state index < -0.39 is 10.1 Å². The molecule has 0 spiro atoms. The third-order valence-corrected chi connectivity index (χ3v) is 4.26. The number of phenolic OH excluding ortho intramolecular Hbond substituents is 1. The molecule has 3 aromatic carbocycles. The first kappa shape index (κ1) is 13.6. The number of fused-ring (bicyclic) bond motifs is 1. The van der Waals surface area contributed by atoms with Crippen LogP contribution in [0.5, 0.6) is 5.75 Å². The fourth-order valence-corrected chi connectivity index (χ4v) is 3.38. The van der Waals surface area contributed by atoms with Crippen LogP contribution in [0.3, 0.4) is 0 Å². The van der Waals surface area contributed by atoms with E-state index in [-0.39, 0.29) is 16.0 Å². The molecule has 0 saturated heterocycles. The molecular formula is C16H12O4S. The lowest BCUT2D eigenvalue weighted by Gasteiger charge is -2.12. The van der Waals surface area contributed by atoms with Crippen LogP contribution in [0, 0.1) is 0 Å². The average Bonchev–Trinajstić information content (AvgIpc) is 2.46. The first-order valence-electron chi connectivity index (χ1n) is 6.26. The van der Waals surface area contributed by atoms with Gasteiger partial charge in [-0.15, -0.1) is 0 Å². The zero-order chi connectivity index (χ0) is 15.0. The summed E-state index contributed by atoms with van der Waals surface area (Å²) in [6, 6.07) is 16.9. The molecule has 0 unspecified atom stereocenters. The van der Waals surface area contributed by atoms with Crippen LogP contribution in [0.1, 0.15) is 0 Å². The molecule has 0 aliphatic carbocycles. The second-order valence-corrected chi connectivity index (χ2v) is 6.02. The first-order valence-corrected chi connectivity index (χ1v) is 7.70. The van der Waals surface area contributed by atoms with Gasteiger partial charge >= 0.3 is 0 Å². The molecule has 5 heteroatoms. The van der Waals surface area contributed by atoms with Gasteiger partial charge in [0.2, 0.25) is 0 Å². The molecule has 0 aromatic heterocycles. The van der Waals surface area contributed by atoms with E-state index >= 15 is 0 Å². The monoisotopic (exact) mass is 300 g/mol. The highest BCUT2D eigenvalue weighted by molar-refractivity contribution is 7.86. The van der Waals surface area contributed by atoms with Gasteiger partial charge in [0, 0.05) is 10.9 Å². The maximum absolute atomic E-state index is 11.8. The van der Waals surface area contributed by atoms with E-state index in [1.807, 2.05) is 6.07 Å². The van der Waals surface area contributed by atoms with Crippen molar-refractivity contribution in [2.45, 2.75) is 4.90 Å². The van der Waals surface area contributed by atoms with Gasteiger partial charge in [-0.25, -0.2) is 0 Å². The van der Waals surface area contributed by atoms with Crippen LogP contribution in [-0.2, 0) is 10.1 Å². The summed E-state index contributed by atoms with van der Waals surface area (Å²) >= 11 is 0. The highest BCUT2D eigenvalue weighted by atomic mass is 32.2. The molecule has 2 N–H and O–H groups in total. The molecule has 0 fully saturated rings. The number of rotatable bonds is 2. The topological polar surface area (TPSA) is 74.6 Å². The number of phenols is 1. The van der Waals surface area contributed by atoms with Gasteiger partial charge in [0.05, 0.1) is 0 Å². The molecule has 0 heterocycles. The second kappa shape index (κ2) is 4.87. The molecule has 0 aliphatic heterocycles. The molecule has 3 aromatic rings. The average molecular weight is 300 g/mol. The van der Waals surface area contributed by atoms with Crippen LogP contribution in [0.2, 0.25) is 0 Å². The quantitative estimate of drug-likeness (QED) is 0.711. The predicted octanol–water partition coefficient (Wildman–Crippen LogP) is 3.46. The molecule has 0 aliphatic rings. The summed E-state index contributed by atoms with van der Waals surface area (Å²) in [6.07, 6.45) is 0. The smallest absolute Gasteiger partial charge is 0.295 e. The van der Waals surface area contributed by atoms with E-state index in [1.54, 1.807) is 48.5 Å². The maximum atomic E-state index is 11.8. The van der Waals surface area contributed by atoms with Gasteiger partial charge in [0.1, 0.15) is 10.6 Å². The Kier molecular flexibility index (Phi) is 3.16. The molecule has 106 valence electrons. The van der Waals surface area contributed by atoms with E-state index in [4.69, 9.17) is 0 Å². The Morgan fingerprint density at radius 1 is 0.810 bits per heavy atom. The summed E-state index contributed by atoms with van der Waals surface area (Å²) in [6.45, 7) is 0. The van der Waals surface area contributed by atoms with E-state index in [0.717, 1.165) is 0 Å². The molecule has 3 rings (SSSR count). The highest BCUT2D eigenvalue weighted by Gasteiger charge is 2.22. The largest absolute Gasteiger partial charge is 0.507 e. The SMILES string of the molecule is O=S(=O)(O)c1c(-c2ccccc2)ccc2cccc(O)c12. The van der Waals surface area contributed by atoms with Gasteiger partial charge in [-0.05, 0) is 17.0 Å². The van der Waals surface area contributed by atoms with Crippen LogP contribution in [-0.4, -0.2) is 18.1 Å². The van der Waals surface area contributed by atoms with Crippen LogP contribution < -0.4 is 0 Å². The number of hydrogen-bond donors (Lipinski definition) is 2. The maximum Gasteiger partial charge on any atom is 0.295 e. The molecular weight excluding hydrogens is 288 g/mol. The molecule has 0 bridgehead atoms. The minimum atomic E-state index is -4.49. The summed E-state index contributed by atoms with van der Waals surface area (Å²) in [5, 5.41) is 10.7. The zero-order valence-electron chi connectivity index (χ0n) is 10.9. The molecule has 4 nitrogen and oxygen atoms in total. The third kappa shape index (κ3) is 2.37. The minimum Gasteiger partial charge on any atom is -0.507 e. The van der Waals surface area contributed by atoms with E-state index in [9.17, 15) is 18.1 Å². The zero-order valence-corrected chi connectivity index (χ0v) is 11.7. The lowest BCUT2D eigenvalue weighted by molar-refractivity contribution is 0.474. The van der Waals surface area contributed by atoms with E-state index in [0.29, 0.717) is 16.5 Å². The van der Waals surface area contributed by atoms with Gasteiger partial charge in [-0.2, -0.15) is 8.42 Å². The van der Waals surface area contributed by atoms with Gasteiger partial charge < -0.3 is 5.11 Å². The predicted molar refractivity (Wildman–Crippen MR) is 80.9 cm³/mol. The number of aromatic hydroxyl groups is 1. The van der Waals surface area contributed by atoms with E-state index in [1.165, 1.54) is 6.07 Å². The fraction of sp³-hybridized carbons (Fsp3) is 0. The van der Waals surface area contributed by atoms with Crippen LogP contribution >= 0.6 is 0 Å². The Bertz CT molecular complexity index is 916. The minimum absolute atomic E-state index is 0.126. The summed E-state index contributed by atoms with van der Waals surface area (Å²) in [5.74, 6) is -0.182.